The maximum absolute atomic E-state index is 12.7. The summed E-state index contributed by atoms with van der Waals surface area (Å²) in [7, 11) is 0. The minimum absolute atomic E-state index is 0.290. The van der Waals surface area contributed by atoms with Gasteiger partial charge in [0.15, 0.2) is 5.82 Å². The molecule has 0 fully saturated rings. The molecule has 5 aromatic rings. The Hall–Kier alpha value is -4.18. The number of ether oxygens (including phenoxy) is 2. The predicted octanol–water partition coefficient (Wildman–Crippen LogP) is 4.59. The highest BCUT2D eigenvalue weighted by Crippen LogP contribution is 2.31. The summed E-state index contributed by atoms with van der Waals surface area (Å²) >= 11 is 6.43. The summed E-state index contributed by atoms with van der Waals surface area (Å²) in [5.41, 5.74) is 5.33. The van der Waals surface area contributed by atoms with E-state index in [1.54, 1.807) is 19.1 Å². The molecule has 3 aromatic heterocycles. The van der Waals surface area contributed by atoms with Gasteiger partial charge >= 0.3 is 5.97 Å². The number of hydrogen-bond acceptors (Lipinski definition) is 7. The number of nitrogens with zero attached hydrogens (tertiary/aromatic N) is 6. The van der Waals surface area contributed by atoms with Crippen molar-refractivity contribution in [3.05, 3.63) is 70.4 Å². The second kappa shape index (κ2) is 9.82. The smallest absolute Gasteiger partial charge is 0.340 e. The second-order valence-corrected chi connectivity index (χ2v) is 8.43. The molecule has 0 atom stereocenters. The zero-order valence-corrected chi connectivity index (χ0v) is 20.8. The van der Waals surface area contributed by atoms with Gasteiger partial charge in [-0.1, -0.05) is 29.8 Å². The summed E-state index contributed by atoms with van der Waals surface area (Å²) in [4.78, 5) is 17.3. The standard InChI is InChI=1S/C25H24ClN7O3/c1-4-35-24(34)18-7-6-8-20-22(18)32(25(27-20)36-5-2)14-16-9-11-17(12-10-16)33-15(3)19(26)13-21(33)23-28-30-31-29-23/h6-13H,4-5,14H2,1-3H3,(H,28,29,30,31). The van der Waals surface area contributed by atoms with Gasteiger partial charge < -0.3 is 14.0 Å². The molecule has 0 aliphatic rings. The van der Waals surface area contributed by atoms with E-state index in [0.29, 0.717) is 46.6 Å². The van der Waals surface area contributed by atoms with E-state index in [1.165, 1.54) is 0 Å². The first kappa shape index (κ1) is 23.6. The Morgan fingerprint density at radius 1 is 1.11 bits per heavy atom. The topological polar surface area (TPSA) is 113 Å². The first-order valence-corrected chi connectivity index (χ1v) is 11.9. The number of tetrazole rings is 1. The monoisotopic (exact) mass is 505 g/mol. The number of H-pyrrole nitrogens is 1. The maximum Gasteiger partial charge on any atom is 0.340 e. The summed E-state index contributed by atoms with van der Waals surface area (Å²) in [6.45, 7) is 6.81. The molecule has 2 aromatic carbocycles. The number of nitrogens with one attached hydrogen (secondary N) is 1. The van der Waals surface area contributed by atoms with Gasteiger partial charge in [-0.05, 0) is 67.1 Å². The number of benzene rings is 2. The van der Waals surface area contributed by atoms with Crippen LogP contribution in [0.2, 0.25) is 5.02 Å². The van der Waals surface area contributed by atoms with Crippen molar-refractivity contribution in [1.29, 1.82) is 0 Å². The van der Waals surface area contributed by atoms with E-state index in [9.17, 15) is 4.79 Å². The maximum atomic E-state index is 12.7. The molecule has 10 nitrogen and oxygen atoms in total. The Kier molecular flexibility index (Phi) is 6.43. The quantitative estimate of drug-likeness (QED) is 0.307. The third-order valence-corrected chi connectivity index (χ3v) is 6.19. The van der Waals surface area contributed by atoms with Gasteiger partial charge in [0.1, 0.15) is 0 Å². The van der Waals surface area contributed by atoms with Gasteiger partial charge in [0.05, 0.1) is 47.1 Å². The van der Waals surface area contributed by atoms with Crippen molar-refractivity contribution < 1.29 is 14.3 Å². The van der Waals surface area contributed by atoms with Crippen molar-refractivity contribution in [2.24, 2.45) is 0 Å². The lowest BCUT2D eigenvalue weighted by Crippen LogP contribution is -2.10. The minimum atomic E-state index is -0.392. The molecule has 5 rings (SSSR count). The number of para-hydroxylation sites is 1. The SMILES string of the molecule is CCOC(=O)c1cccc2nc(OCC)n(Cc3ccc(-n4c(-c5nnn[nH]5)cc(Cl)c4C)cc3)c12. The second-order valence-electron chi connectivity index (χ2n) is 8.02. The highest BCUT2D eigenvalue weighted by molar-refractivity contribution is 6.31. The van der Waals surface area contributed by atoms with E-state index < -0.39 is 5.97 Å². The summed E-state index contributed by atoms with van der Waals surface area (Å²) in [6, 6.07) is 15.7. The molecule has 0 radical (unpaired) electrons. The number of imidazole rings is 1. The van der Waals surface area contributed by atoms with Crippen molar-refractivity contribution >= 4 is 28.6 Å². The fourth-order valence-electron chi connectivity index (χ4n) is 4.21. The lowest BCUT2D eigenvalue weighted by molar-refractivity contribution is 0.0528. The summed E-state index contributed by atoms with van der Waals surface area (Å²) in [5, 5.41) is 14.8. The van der Waals surface area contributed by atoms with Gasteiger partial charge in [0.25, 0.3) is 6.01 Å². The first-order valence-electron chi connectivity index (χ1n) is 11.5. The van der Waals surface area contributed by atoms with Crippen molar-refractivity contribution in [3.8, 4) is 23.2 Å². The minimum Gasteiger partial charge on any atom is -0.465 e. The molecular weight excluding hydrogens is 482 g/mol. The van der Waals surface area contributed by atoms with Crippen LogP contribution < -0.4 is 4.74 Å². The van der Waals surface area contributed by atoms with Crippen molar-refractivity contribution in [1.82, 2.24) is 34.7 Å². The van der Waals surface area contributed by atoms with E-state index in [1.807, 2.05) is 59.4 Å². The van der Waals surface area contributed by atoms with E-state index in [0.717, 1.165) is 22.6 Å². The third kappa shape index (κ3) is 4.20. The van der Waals surface area contributed by atoms with Crippen LogP contribution in [0.15, 0.2) is 48.5 Å². The number of carbonyl (C=O) groups excluding carboxylic acids is 1. The van der Waals surface area contributed by atoms with Crippen LogP contribution in [0.1, 0.15) is 35.5 Å². The molecule has 3 heterocycles. The largest absolute Gasteiger partial charge is 0.465 e. The highest BCUT2D eigenvalue weighted by Gasteiger charge is 2.21. The number of aromatic nitrogens is 7. The van der Waals surface area contributed by atoms with Gasteiger partial charge in [0, 0.05) is 11.4 Å². The molecule has 1 N–H and O–H groups in total. The van der Waals surface area contributed by atoms with E-state index in [-0.39, 0.29) is 6.61 Å². The van der Waals surface area contributed by atoms with Crippen molar-refractivity contribution in [3.63, 3.8) is 0 Å². The third-order valence-electron chi connectivity index (χ3n) is 5.81. The van der Waals surface area contributed by atoms with Gasteiger partial charge in [-0.2, -0.15) is 4.98 Å². The van der Waals surface area contributed by atoms with Crippen LogP contribution in [0, 0.1) is 6.92 Å². The molecule has 0 saturated heterocycles. The zero-order chi connectivity index (χ0) is 25.2. The zero-order valence-electron chi connectivity index (χ0n) is 20.0. The Bertz CT molecular complexity index is 1520. The van der Waals surface area contributed by atoms with Crippen molar-refractivity contribution in [2.75, 3.05) is 13.2 Å². The van der Waals surface area contributed by atoms with Crippen molar-refractivity contribution in [2.45, 2.75) is 27.3 Å². The summed E-state index contributed by atoms with van der Waals surface area (Å²) < 4.78 is 15.0. The van der Waals surface area contributed by atoms with Gasteiger partial charge in [-0.25, -0.2) is 9.89 Å². The van der Waals surface area contributed by atoms with Crippen LogP contribution >= 0.6 is 11.6 Å². The van der Waals surface area contributed by atoms with Gasteiger partial charge in [0.2, 0.25) is 0 Å². The number of aromatic amines is 1. The Labute approximate surface area is 211 Å². The number of hydrogen-bond donors (Lipinski definition) is 1. The van der Waals surface area contributed by atoms with Crippen LogP contribution in [-0.4, -0.2) is 53.9 Å². The molecule has 11 heteroatoms. The molecule has 184 valence electrons. The molecular formula is C25H24ClN7O3. The van der Waals surface area contributed by atoms with E-state index in [2.05, 4.69) is 25.6 Å². The van der Waals surface area contributed by atoms with Crippen LogP contribution in [0.5, 0.6) is 6.01 Å². The fraction of sp³-hybridized carbons (Fsp3) is 0.240. The summed E-state index contributed by atoms with van der Waals surface area (Å²) in [6.07, 6.45) is 0. The van der Waals surface area contributed by atoms with Crippen LogP contribution in [0.25, 0.3) is 28.2 Å². The average Bonchev–Trinajstić information content (AvgIpc) is 3.59. The van der Waals surface area contributed by atoms with E-state index >= 15 is 0 Å². The average molecular weight is 506 g/mol. The Balaban J connectivity index is 1.54. The van der Waals surface area contributed by atoms with Gasteiger partial charge in [-0.3, -0.25) is 4.57 Å². The molecule has 0 saturated carbocycles. The van der Waals surface area contributed by atoms with Crippen LogP contribution in [-0.2, 0) is 11.3 Å². The molecule has 0 spiro atoms. The molecule has 36 heavy (non-hydrogen) atoms. The first-order chi connectivity index (χ1) is 17.5. The normalized spacial score (nSPS) is 11.2. The lowest BCUT2D eigenvalue weighted by atomic mass is 10.1. The van der Waals surface area contributed by atoms with E-state index in [4.69, 9.17) is 21.1 Å². The number of halogens is 1. The molecule has 0 unspecified atom stereocenters. The Morgan fingerprint density at radius 3 is 2.61 bits per heavy atom. The van der Waals surface area contributed by atoms with Crippen LogP contribution in [0.4, 0.5) is 0 Å². The van der Waals surface area contributed by atoms with Gasteiger partial charge in [-0.15, -0.1) is 5.10 Å². The summed E-state index contributed by atoms with van der Waals surface area (Å²) in [5.74, 6) is 0.129. The predicted molar refractivity (Wildman–Crippen MR) is 135 cm³/mol. The Morgan fingerprint density at radius 2 is 1.92 bits per heavy atom. The number of carbonyl (C=O) groups is 1. The van der Waals surface area contributed by atoms with Crippen LogP contribution in [0.3, 0.4) is 0 Å². The lowest BCUT2D eigenvalue weighted by Gasteiger charge is -2.13. The number of rotatable bonds is 8. The highest BCUT2D eigenvalue weighted by atomic mass is 35.5. The molecule has 0 aliphatic carbocycles. The molecule has 0 bridgehead atoms. The number of esters is 1. The fourth-order valence-corrected chi connectivity index (χ4v) is 4.40. The number of fused-ring (bicyclic) bond motifs is 1. The molecule has 0 amide bonds. The molecule has 0 aliphatic heterocycles.